The number of aromatic nitrogens is 3. The van der Waals surface area contributed by atoms with E-state index in [0.717, 1.165) is 5.56 Å². The number of nitro benzene ring substituents is 1. The van der Waals surface area contributed by atoms with Gasteiger partial charge in [0.05, 0.1) is 16.1 Å². The van der Waals surface area contributed by atoms with Gasteiger partial charge >= 0.3 is 6.09 Å². The second kappa shape index (κ2) is 6.83. The number of hydrazine groups is 1. The zero-order chi connectivity index (χ0) is 17.8. The summed E-state index contributed by atoms with van der Waals surface area (Å²) in [4.78, 5) is 21.9. The minimum absolute atomic E-state index is 0.0829. The SMILES string of the molecule is Cc1ccc(NNC(=O)OCn2nnc3cc([N+](=O)[O-])ccc32)cc1. The Labute approximate surface area is 141 Å². The van der Waals surface area contributed by atoms with Crippen LogP contribution in [0.3, 0.4) is 0 Å². The molecule has 0 saturated carbocycles. The summed E-state index contributed by atoms with van der Waals surface area (Å²) in [5, 5.41) is 18.4. The number of hydrogen-bond acceptors (Lipinski definition) is 7. The van der Waals surface area contributed by atoms with E-state index in [1.54, 1.807) is 0 Å². The number of nitrogens with one attached hydrogen (secondary N) is 2. The van der Waals surface area contributed by atoms with Crippen molar-refractivity contribution in [3.05, 3.63) is 58.1 Å². The van der Waals surface area contributed by atoms with Crippen LogP contribution in [0.4, 0.5) is 16.2 Å². The third kappa shape index (κ3) is 3.80. The molecule has 0 aliphatic rings. The van der Waals surface area contributed by atoms with Gasteiger partial charge in [0.1, 0.15) is 5.52 Å². The van der Waals surface area contributed by atoms with Crippen molar-refractivity contribution in [2.24, 2.45) is 0 Å². The minimum Gasteiger partial charge on any atom is -0.425 e. The number of anilines is 1. The topological polar surface area (TPSA) is 124 Å². The molecule has 0 fully saturated rings. The Morgan fingerprint density at radius 2 is 2.04 bits per heavy atom. The highest BCUT2D eigenvalue weighted by atomic mass is 16.6. The molecular weight excluding hydrogens is 328 g/mol. The van der Waals surface area contributed by atoms with E-state index in [0.29, 0.717) is 16.7 Å². The van der Waals surface area contributed by atoms with Crippen molar-refractivity contribution in [1.82, 2.24) is 20.4 Å². The molecular formula is C15H14N6O4. The fourth-order valence-corrected chi connectivity index (χ4v) is 2.09. The molecule has 0 aliphatic heterocycles. The minimum atomic E-state index is -0.703. The summed E-state index contributed by atoms with van der Waals surface area (Å²) in [6, 6.07) is 11.6. The van der Waals surface area contributed by atoms with Crippen molar-refractivity contribution in [2.75, 3.05) is 5.43 Å². The van der Waals surface area contributed by atoms with Crippen LogP contribution in [-0.2, 0) is 11.5 Å². The molecule has 1 aromatic heterocycles. The predicted molar refractivity (Wildman–Crippen MR) is 88.6 cm³/mol. The molecule has 25 heavy (non-hydrogen) atoms. The largest absolute Gasteiger partial charge is 0.427 e. The number of nitrogens with zero attached hydrogens (tertiary/aromatic N) is 4. The standard InChI is InChI=1S/C15H14N6O4/c1-10-2-4-11(5-3-10)16-18-15(22)25-9-20-14-7-6-12(21(23)24)8-13(14)17-19-20/h2-8,16H,9H2,1H3,(H,18,22). The van der Waals surface area contributed by atoms with Crippen LogP contribution in [0.1, 0.15) is 5.56 Å². The fraction of sp³-hybridized carbons (Fsp3) is 0.133. The molecule has 2 aromatic carbocycles. The smallest absolute Gasteiger partial charge is 0.425 e. The van der Waals surface area contributed by atoms with Gasteiger partial charge in [-0.3, -0.25) is 15.5 Å². The number of carbonyl (C=O) groups is 1. The van der Waals surface area contributed by atoms with Gasteiger partial charge in [0.2, 0.25) is 0 Å². The summed E-state index contributed by atoms with van der Waals surface area (Å²) < 4.78 is 6.36. The third-order valence-corrected chi connectivity index (χ3v) is 3.39. The Kier molecular flexibility index (Phi) is 4.42. The summed E-state index contributed by atoms with van der Waals surface area (Å²) in [5.74, 6) is 0. The first-order valence-electron chi connectivity index (χ1n) is 7.26. The maximum Gasteiger partial charge on any atom is 0.427 e. The van der Waals surface area contributed by atoms with Crippen molar-refractivity contribution in [1.29, 1.82) is 0 Å². The molecule has 0 aliphatic carbocycles. The average molecular weight is 342 g/mol. The highest BCUT2D eigenvalue weighted by Gasteiger charge is 2.12. The van der Waals surface area contributed by atoms with E-state index in [2.05, 4.69) is 21.2 Å². The number of non-ortho nitro benzene ring substituents is 1. The van der Waals surface area contributed by atoms with Gasteiger partial charge in [-0.25, -0.2) is 14.9 Å². The molecule has 1 amide bonds. The van der Waals surface area contributed by atoms with E-state index in [1.807, 2.05) is 31.2 Å². The molecule has 0 atom stereocenters. The van der Waals surface area contributed by atoms with E-state index in [4.69, 9.17) is 4.74 Å². The Bertz CT molecular complexity index is 921. The van der Waals surface area contributed by atoms with Gasteiger partial charge in [-0.05, 0) is 25.1 Å². The van der Waals surface area contributed by atoms with Crippen LogP contribution in [0, 0.1) is 17.0 Å². The van der Waals surface area contributed by atoms with Crippen LogP contribution in [0.2, 0.25) is 0 Å². The lowest BCUT2D eigenvalue weighted by Crippen LogP contribution is -2.30. The zero-order valence-corrected chi connectivity index (χ0v) is 13.2. The molecule has 3 rings (SSSR count). The molecule has 128 valence electrons. The molecule has 3 aromatic rings. The van der Waals surface area contributed by atoms with Gasteiger partial charge < -0.3 is 4.74 Å². The van der Waals surface area contributed by atoms with Crippen LogP contribution < -0.4 is 10.9 Å². The number of aryl methyl sites for hydroxylation is 1. The summed E-state index contributed by atoms with van der Waals surface area (Å²) in [6.45, 7) is 1.78. The molecule has 0 unspecified atom stereocenters. The van der Waals surface area contributed by atoms with E-state index in [9.17, 15) is 14.9 Å². The van der Waals surface area contributed by atoms with Crippen LogP contribution in [0.15, 0.2) is 42.5 Å². The maximum absolute atomic E-state index is 11.7. The van der Waals surface area contributed by atoms with Crippen LogP contribution in [0.25, 0.3) is 11.0 Å². The number of amides is 1. The average Bonchev–Trinajstić information content (AvgIpc) is 3.01. The Hall–Kier alpha value is -3.69. The fourth-order valence-electron chi connectivity index (χ4n) is 2.09. The van der Waals surface area contributed by atoms with Crippen LogP contribution >= 0.6 is 0 Å². The van der Waals surface area contributed by atoms with E-state index < -0.39 is 11.0 Å². The number of carbonyl (C=O) groups excluding carboxylic acids is 1. The molecule has 0 radical (unpaired) electrons. The zero-order valence-electron chi connectivity index (χ0n) is 13.2. The molecule has 10 nitrogen and oxygen atoms in total. The van der Waals surface area contributed by atoms with Gasteiger partial charge in [0, 0.05) is 12.1 Å². The van der Waals surface area contributed by atoms with Crippen LogP contribution in [-0.4, -0.2) is 26.0 Å². The first kappa shape index (κ1) is 16.2. The van der Waals surface area contributed by atoms with E-state index in [-0.39, 0.29) is 12.4 Å². The second-order valence-corrected chi connectivity index (χ2v) is 5.20. The van der Waals surface area contributed by atoms with Gasteiger partial charge in [-0.1, -0.05) is 22.9 Å². The lowest BCUT2D eigenvalue weighted by Gasteiger charge is -2.09. The number of rotatable bonds is 5. The molecule has 2 N–H and O–H groups in total. The third-order valence-electron chi connectivity index (χ3n) is 3.39. The highest BCUT2D eigenvalue weighted by Crippen LogP contribution is 2.18. The van der Waals surface area contributed by atoms with Crippen molar-refractivity contribution < 1.29 is 14.5 Å². The van der Waals surface area contributed by atoms with Crippen molar-refractivity contribution >= 4 is 28.5 Å². The van der Waals surface area contributed by atoms with Gasteiger partial charge in [-0.15, -0.1) is 5.10 Å². The van der Waals surface area contributed by atoms with Gasteiger partial charge in [-0.2, -0.15) is 0 Å². The van der Waals surface area contributed by atoms with Crippen molar-refractivity contribution in [3.63, 3.8) is 0 Å². The summed E-state index contributed by atoms with van der Waals surface area (Å²) >= 11 is 0. The number of hydrogen-bond donors (Lipinski definition) is 2. The molecule has 1 heterocycles. The number of nitro groups is 1. The Morgan fingerprint density at radius 3 is 2.76 bits per heavy atom. The van der Waals surface area contributed by atoms with E-state index in [1.165, 1.54) is 22.9 Å². The predicted octanol–water partition coefficient (Wildman–Crippen LogP) is 2.36. The summed E-state index contributed by atoms with van der Waals surface area (Å²) in [7, 11) is 0. The molecule has 10 heteroatoms. The van der Waals surface area contributed by atoms with Gasteiger partial charge in [0.15, 0.2) is 6.73 Å². The highest BCUT2D eigenvalue weighted by molar-refractivity contribution is 5.77. The normalized spacial score (nSPS) is 10.4. The number of benzene rings is 2. The lowest BCUT2D eigenvalue weighted by molar-refractivity contribution is -0.384. The quantitative estimate of drug-likeness (QED) is 0.538. The second-order valence-electron chi connectivity index (χ2n) is 5.20. The van der Waals surface area contributed by atoms with Crippen molar-refractivity contribution in [3.8, 4) is 0 Å². The van der Waals surface area contributed by atoms with Crippen molar-refractivity contribution in [2.45, 2.75) is 13.7 Å². The first-order chi connectivity index (χ1) is 12.0. The lowest BCUT2D eigenvalue weighted by atomic mass is 10.2. The molecule has 0 spiro atoms. The number of ether oxygens (including phenoxy) is 1. The molecule has 0 bridgehead atoms. The Balaban J connectivity index is 1.57. The van der Waals surface area contributed by atoms with E-state index >= 15 is 0 Å². The Morgan fingerprint density at radius 1 is 1.28 bits per heavy atom. The maximum atomic E-state index is 11.7. The summed E-state index contributed by atoms with van der Waals surface area (Å²) in [5.41, 5.74) is 7.70. The van der Waals surface area contributed by atoms with Crippen LogP contribution in [0.5, 0.6) is 0 Å². The van der Waals surface area contributed by atoms with Gasteiger partial charge in [0.25, 0.3) is 5.69 Å². The first-order valence-corrected chi connectivity index (χ1v) is 7.26. The monoisotopic (exact) mass is 342 g/mol. The summed E-state index contributed by atoms with van der Waals surface area (Å²) in [6.07, 6.45) is -0.703. The molecule has 0 saturated heterocycles. The number of fused-ring (bicyclic) bond motifs is 1.